The fourth-order valence-corrected chi connectivity index (χ4v) is 2.93. The van der Waals surface area contributed by atoms with E-state index in [0.717, 1.165) is 29.9 Å². The van der Waals surface area contributed by atoms with E-state index in [1.54, 1.807) is 0 Å². The van der Waals surface area contributed by atoms with Gasteiger partial charge in [-0.05, 0) is 39.7 Å². The van der Waals surface area contributed by atoms with Crippen molar-refractivity contribution in [1.29, 1.82) is 0 Å². The van der Waals surface area contributed by atoms with Gasteiger partial charge >= 0.3 is 0 Å². The van der Waals surface area contributed by atoms with Crippen LogP contribution >= 0.6 is 0 Å². The van der Waals surface area contributed by atoms with E-state index in [4.69, 9.17) is 0 Å². The van der Waals surface area contributed by atoms with E-state index in [1.807, 2.05) is 13.0 Å². The summed E-state index contributed by atoms with van der Waals surface area (Å²) < 4.78 is 0. The van der Waals surface area contributed by atoms with Crippen LogP contribution in [-0.2, 0) is 0 Å². The maximum absolute atomic E-state index is 4.60. The number of rotatable bonds is 6. The fraction of sp³-hybridized carbons (Fsp3) is 0.765. The third kappa shape index (κ3) is 4.95. The second-order valence-corrected chi connectivity index (χ2v) is 6.57. The van der Waals surface area contributed by atoms with Crippen LogP contribution < -0.4 is 5.32 Å². The Balaban J connectivity index is 1.78. The number of nitrogens with zero attached hydrogens (tertiary/aromatic N) is 3. The highest BCUT2D eigenvalue weighted by molar-refractivity contribution is 5.36. The van der Waals surface area contributed by atoms with Crippen LogP contribution in [0.3, 0.4) is 0 Å². The number of aromatic nitrogens is 2. The van der Waals surface area contributed by atoms with Gasteiger partial charge in [-0.15, -0.1) is 0 Å². The molecule has 1 unspecified atom stereocenters. The van der Waals surface area contributed by atoms with Gasteiger partial charge in [0.2, 0.25) is 0 Å². The molecule has 2 heterocycles. The molecule has 0 amide bonds. The molecule has 0 spiro atoms. The Labute approximate surface area is 129 Å². The average Bonchev–Trinajstić information content (AvgIpc) is 2.44. The molecule has 0 saturated carbocycles. The van der Waals surface area contributed by atoms with Gasteiger partial charge in [-0.3, -0.25) is 0 Å². The highest BCUT2D eigenvalue weighted by Gasteiger charge is 2.17. The topological polar surface area (TPSA) is 41.0 Å². The summed E-state index contributed by atoms with van der Waals surface area (Å²) in [6.45, 7) is 12.1. The molecule has 4 heteroatoms. The predicted octanol–water partition coefficient (Wildman–Crippen LogP) is 3.58. The van der Waals surface area contributed by atoms with Crippen LogP contribution in [0.15, 0.2) is 6.07 Å². The van der Waals surface area contributed by atoms with Gasteiger partial charge in [0.1, 0.15) is 11.6 Å². The van der Waals surface area contributed by atoms with E-state index in [-0.39, 0.29) is 0 Å². The third-order valence-electron chi connectivity index (χ3n) is 4.26. The molecule has 1 atom stereocenters. The first kappa shape index (κ1) is 16.2. The Bertz CT molecular complexity index is 444. The number of aryl methyl sites for hydroxylation is 1. The minimum atomic E-state index is 0.375. The Hall–Kier alpha value is -1.16. The molecule has 1 aromatic heterocycles. The van der Waals surface area contributed by atoms with Crippen molar-refractivity contribution < 1.29 is 0 Å². The molecule has 1 N–H and O–H groups in total. The molecule has 1 aliphatic rings. The van der Waals surface area contributed by atoms with Gasteiger partial charge in [0.15, 0.2) is 0 Å². The Morgan fingerprint density at radius 3 is 2.86 bits per heavy atom. The highest BCUT2D eigenvalue weighted by atomic mass is 15.2. The Kier molecular flexibility index (Phi) is 5.97. The highest BCUT2D eigenvalue weighted by Crippen LogP contribution is 2.17. The van der Waals surface area contributed by atoms with Gasteiger partial charge in [-0.1, -0.05) is 20.3 Å². The summed E-state index contributed by atoms with van der Waals surface area (Å²) in [7, 11) is 0. The molecule has 0 aromatic carbocycles. The van der Waals surface area contributed by atoms with Gasteiger partial charge in [0.05, 0.1) is 0 Å². The molecular weight excluding hydrogens is 260 g/mol. The number of anilines is 1. The third-order valence-corrected chi connectivity index (χ3v) is 4.26. The molecule has 118 valence electrons. The van der Waals surface area contributed by atoms with Crippen molar-refractivity contribution in [3.05, 3.63) is 17.6 Å². The number of piperidine rings is 1. The molecule has 1 saturated heterocycles. The molecular formula is C17H30N4. The molecule has 1 aliphatic heterocycles. The van der Waals surface area contributed by atoms with E-state index in [2.05, 4.69) is 41.0 Å². The first-order valence-electron chi connectivity index (χ1n) is 8.39. The number of hydrogen-bond acceptors (Lipinski definition) is 4. The minimum absolute atomic E-state index is 0.375. The van der Waals surface area contributed by atoms with E-state index in [1.165, 1.54) is 38.8 Å². The molecule has 0 aliphatic carbocycles. The lowest BCUT2D eigenvalue weighted by atomic mass is 10.0. The van der Waals surface area contributed by atoms with Crippen molar-refractivity contribution in [2.24, 2.45) is 0 Å². The summed E-state index contributed by atoms with van der Waals surface area (Å²) in [6.07, 6.45) is 5.29. The fourth-order valence-electron chi connectivity index (χ4n) is 2.93. The van der Waals surface area contributed by atoms with Crippen molar-refractivity contribution in [1.82, 2.24) is 14.9 Å². The van der Waals surface area contributed by atoms with Gasteiger partial charge in [0.25, 0.3) is 0 Å². The van der Waals surface area contributed by atoms with Crippen LogP contribution in [0.1, 0.15) is 63.9 Å². The van der Waals surface area contributed by atoms with Crippen LogP contribution in [-0.4, -0.2) is 40.5 Å². The Morgan fingerprint density at radius 1 is 1.33 bits per heavy atom. The van der Waals surface area contributed by atoms with Crippen molar-refractivity contribution in [2.45, 2.75) is 65.3 Å². The van der Waals surface area contributed by atoms with Crippen molar-refractivity contribution in [3.8, 4) is 0 Å². The first-order chi connectivity index (χ1) is 10.1. The van der Waals surface area contributed by atoms with Crippen molar-refractivity contribution >= 4 is 5.82 Å². The quantitative estimate of drug-likeness (QED) is 0.813. The first-order valence-corrected chi connectivity index (χ1v) is 8.39. The maximum Gasteiger partial charge on any atom is 0.133 e. The number of hydrogen-bond donors (Lipinski definition) is 1. The van der Waals surface area contributed by atoms with Crippen LogP contribution in [0.5, 0.6) is 0 Å². The molecule has 4 nitrogen and oxygen atoms in total. The van der Waals surface area contributed by atoms with Gasteiger partial charge in [-0.2, -0.15) is 0 Å². The minimum Gasteiger partial charge on any atom is -0.370 e. The SMILES string of the molecule is Cc1cc(NCCCN2CCCCC2C)nc(C(C)C)n1. The largest absolute Gasteiger partial charge is 0.370 e. The van der Waals surface area contributed by atoms with Crippen molar-refractivity contribution in [3.63, 3.8) is 0 Å². The van der Waals surface area contributed by atoms with E-state index in [9.17, 15) is 0 Å². The smallest absolute Gasteiger partial charge is 0.133 e. The normalized spacial score (nSPS) is 20.0. The molecule has 1 fully saturated rings. The molecule has 0 radical (unpaired) electrons. The standard InChI is InChI=1S/C17H30N4/c1-13(2)17-19-14(3)12-16(20-17)18-9-7-11-21-10-6-5-8-15(21)4/h12-13,15H,5-11H2,1-4H3,(H,18,19,20). The molecule has 1 aromatic rings. The lowest BCUT2D eigenvalue weighted by molar-refractivity contribution is 0.160. The zero-order chi connectivity index (χ0) is 15.2. The van der Waals surface area contributed by atoms with Crippen molar-refractivity contribution in [2.75, 3.05) is 25.0 Å². The molecule has 0 bridgehead atoms. The summed E-state index contributed by atoms with van der Waals surface area (Å²) in [5, 5.41) is 3.46. The lowest BCUT2D eigenvalue weighted by Crippen LogP contribution is -2.38. The Morgan fingerprint density at radius 2 is 2.14 bits per heavy atom. The van der Waals surface area contributed by atoms with Crippen LogP contribution in [0.25, 0.3) is 0 Å². The van der Waals surface area contributed by atoms with Gasteiger partial charge in [-0.25, -0.2) is 9.97 Å². The second-order valence-electron chi connectivity index (χ2n) is 6.57. The van der Waals surface area contributed by atoms with E-state index < -0.39 is 0 Å². The maximum atomic E-state index is 4.60. The van der Waals surface area contributed by atoms with Crippen LogP contribution in [0, 0.1) is 6.92 Å². The van der Waals surface area contributed by atoms with E-state index >= 15 is 0 Å². The molecule has 21 heavy (non-hydrogen) atoms. The monoisotopic (exact) mass is 290 g/mol. The van der Waals surface area contributed by atoms with Gasteiger partial charge in [0, 0.05) is 36.8 Å². The number of nitrogens with one attached hydrogen (secondary N) is 1. The summed E-state index contributed by atoms with van der Waals surface area (Å²) >= 11 is 0. The predicted molar refractivity (Wildman–Crippen MR) is 88.9 cm³/mol. The van der Waals surface area contributed by atoms with E-state index in [0.29, 0.717) is 5.92 Å². The summed E-state index contributed by atoms with van der Waals surface area (Å²) in [4.78, 5) is 11.7. The second kappa shape index (κ2) is 7.74. The zero-order valence-electron chi connectivity index (χ0n) is 14.0. The zero-order valence-corrected chi connectivity index (χ0v) is 14.0. The summed E-state index contributed by atoms with van der Waals surface area (Å²) in [5.74, 6) is 2.28. The van der Waals surface area contributed by atoms with Crippen LogP contribution in [0.2, 0.25) is 0 Å². The van der Waals surface area contributed by atoms with Gasteiger partial charge < -0.3 is 10.2 Å². The summed E-state index contributed by atoms with van der Waals surface area (Å²) in [5.41, 5.74) is 1.04. The average molecular weight is 290 g/mol. The lowest BCUT2D eigenvalue weighted by Gasteiger charge is -2.33. The van der Waals surface area contributed by atoms with Crippen LogP contribution in [0.4, 0.5) is 5.82 Å². The number of likely N-dealkylation sites (tertiary alicyclic amines) is 1. The summed E-state index contributed by atoms with van der Waals surface area (Å²) in [6, 6.07) is 2.79. The molecule has 2 rings (SSSR count).